The molecule has 0 spiro atoms. The number of halogens is 1. The predicted octanol–water partition coefficient (Wildman–Crippen LogP) is 2.90. The Hall–Kier alpha value is -3.43. The molecule has 2 aromatic rings. The van der Waals surface area contributed by atoms with E-state index >= 15 is 0 Å². The lowest BCUT2D eigenvalue weighted by Crippen LogP contribution is -2.51. The number of methoxy groups -OCH3 is 1. The van der Waals surface area contributed by atoms with Crippen LogP contribution >= 0.6 is 23.8 Å². The zero-order valence-corrected chi connectivity index (χ0v) is 19.1. The van der Waals surface area contributed by atoms with Gasteiger partial charge < -0.3 is 14.8 Å². The van der Waals surface area contributed by atoms with Crippen LogP contribution in [-0.2, 0) is 14.4 Å². The van der Waals surface area contributed by atoms with Crippen molar-refractivity contribution in [2.75, 3.05) is 19.0 Å². The van der Waals surface area contributed by atoms with Crippen molar-refractivity contribution in [3.63, 3.8) is 0 Å². The van der Waals surface area contributed by atoms with Crippen molar-refractivity contribution < 1.29 is 23.9 Å². The summed E-state index contributed by atoms with van der Waals surface area (Å²) in [5.74, 6) is -1.23. The van der Waals surface area contributed by atoms with E-state index in [0.717, 1.165) is 11.1 Å². The van der Waals surface area contributed by atoms with Crippen LogP contribution in [0.25, 0.3) is 6.08 Å². The van der Waals surface area contributed by atoms with E-state index < -0.39 is 11.8 Å². The second-order valence-corrected chi connectivity index (χ2v) is 7.80. The Labute approximate surface area is 194 Å². The monoisotopic (exact) mass is 473 g/mol. The minimum absolute atomic E-state index is 0.0596. The third-order valence-corrected chi connectivity index (χ3v) is 4.99. The minimum atomic E-state index is -0.628. The molecule has 0 unspecified atom stereocenters. The van der Waals surface area contributed by atoms with E-state index in [9.17, 15) is 14.4 Å². The van der Waals surface area contributed by atoms with Gasteiger partial charge in [0.25, 0.3) is 17.7 Å². The summed E-state index contributed by atoms with van der Waals surface area (Å²) in [6.07, 6.45) is 1.34. The molecule has 0 aliphatic carbocycles. The number of rotatable bonds is 6. The molecule has 8 nitrogen and oxygen atoms in total. The second kappa shape index (κ2) is 9.80. The Morgan fingerprint density at radius 3 is 2.47 bits per heavy atom. The zero-order valence-electron chi connectivity index (χ0n) is 17.5. The smallest absolute Gasteiger partial charge is 0.263 e. The van der Waals surface area contributed by atoms with Gasteiger partial charge in [-0.1, -0.05) is 29.3 Å². The van der Waals surface area contributed by atoms with E-state index in [1.807, 2.05) is 32.0 Å². The molecule has 1 heterocycles. The number of carbonyl (C=O) groups excluding carboxylic acids is 3. The topological polar surface area (TPSA) is 106 Å². The van der Waals surface area contributed by atoms with Gasteiger partial charge in [0.05, 0.1) is 12.1 Å². The molecule has 0 radical (unpaired) electrons. The van der Waals surface area contributed by atoms with Crippen LogP contribution in [0.15, 0.2) is 35.9 Å². The van der Waals surface area contributed by atoms with Crippen LogP contribution in [-0.4, -0.2) is 36.6 Å². The molecule has 1 aliphatic heterocycles. The van der Waals surface area contributed by atoms with E-state index in [2.05, 4.69) is 16.0 Å². The number of hydrogen-bond acceptors (Lipinski definition) is 6. The zero-order chi connectivity index (χ0) is 23.4. The number of amides is 3. The highest BCUT2D eigenvalue weighted by molar-refractivity contribution is 7.80. The number of carbonyl (C=O) groups is 3. The number of nitrogens with one attached hydrogen (secondary N) is 3. The lowest BCUT2D eigenvalue weighted by molar-refractivity contribution is -0.123. The molecule has 3 rings (SSSR count). The van der Waals surface area contributed by atoms with Gasteiger partial charge in [0, 0.05) is 5.69 Å². The van der Waals surface area contributed by atoms with Gasteiger partial charge in [-0.2, -0.15) is 0 Å². The lowest BCUT2D eigenvalue weighted by atomic mass is 10.1. The highest BCUT2D eigenvalue weighted by Crippen LogP contribution is 2.37. The summed E-state index contributed by atoms with van der Waals surface area (Å²) in [6, 6.07) is 8.70. The van der Waals surface area contributed by atoms with Gasteiger partial charge in [-0.25, -0.2) is 0 Å². The summed E-state index contributed by atoms with van der Waals surface area (Å²) >= 11 is 11.1. The number of anilines is 1. The van der Waals surface area contributed by atoms with Gasteiger partial charge in [0.2, 0.25) is 0 Å². The van der Waals surface area contributed by atoms with Gasteiger partial charge >= 0.3 is 0 Å². The standard InChI is InChI=1S/C22H20ClN3O5S/c1-11-4-5-16(12(2)6-11)24-18(27)10-31-19-15(23)8-13(9-17(19)30-3)7-14-20(28)25-22(32)26-21(14)29/h4-9H,10H2,1-3H3,(H,24,27)(H2,25,26,28,29,32). The number of thiocarbonyl (C=S) groups is 1. The molecule has 2 aromatic carbocycles. The largest absolute Gasteiger partial charge is 0.493 e. The SMILES string of the molecule is COc1cc(C=C2C(=O)NC(=S)NC2=O)cc(Cl)c1OCC(=O)Nc1ccc(C)cc1C. The van der Waals surface area contributed by atoms with Gasteiger partial charge in [0.15, 0.2) is 23.2 Å². The Bertz CT molecular complexity index is 1140. The van der Waals surface area contributed by atoms with E-state index in [1.165, 1.54) is 25.3 Å². The molecule has 1 saturated heterocycles. The Morgan fingerprint density at radius 1 is 1.16 bits per heavy atom. The van der Waals surface area contributed by atoms with Crippen molar-refractivity contribution in [3.8, 4) is 11.5 Å². The predicted molar refractivity (Wildman–Crippen MR) is 125 cm³/mol. The summed E-state index contributed by atoms with van der Waals surface area (Å²) in [4.78, 5) is 36.4. The number of aryl methyl sites for hydroxylation is 2. The van der Waals surface area contributed by atoms with E-state index in [-0.39, 0.29) is 39.7 Å². The highest BCUT2D eigenvalue weighted by atomic mass is 35.5. The van der Waals surface area contributed by atoms with Crippen LogP contribution in [0.2, 0.25) is 5.02 Å². The highest BCUT2D eigenvalue weighted by Gasteiger charge is 2.26. The molecular weight excluding hydrogens is 454 g/mol. The molecule has 0 saturated carbocycles. The Kier molecular flexibility index (Phi) is 7.12. The fraction of sp³-hybridized carbons (Fsp3) is 0.182. The first-order chi connectivity index (χ1) is 15.2. The van der Waals surface area contributed by atoms with E-state index in [1.54, 1.807) is 0 Å². The third-order valence-electron chi connectivity index (χ3n) is 4.51. The van der Waals surface area contributed by atoms with Crippen molar-refractivity contribution in [3.05, 3.63) is 57.6 Å². The van der Waals surface area contributed by atoms with Gasteiger partial charge in [-0.3, -0.25) is 25.0 Å². The molecular formula is C22H20ClN3O5S. The lowest BCUT2D eigenvalue weighted by Gasteiger charge is -2.17. The van der Waals surface area contributed by atoms with Crippen LogP contribution < -0.4 is 25.4 Å². The number of hydrogen-bond donors (Lipinski definition) is 3. The first kappa shape index (κ1) is 23.2. The molecule has 3 amide bonds. The second-order valence-electron chi connectivity index (χ2n) is 6.98. The fourth-order valence-corrected chi connectivity index (χ4v) is 3.47. The van der Waals surface area contributed by atoms with Crippen LogP contribution in [0.3, 0.4) is 0 Å². The quantitative estimate of drug-likeness (QED) is 0.338. The van der Waals surface area contributed by atoms with Crippen LogP contribution in [0, 0.1) is 13.8 Å². The van der Waals surface area contributed by atoms with Crippen molar-refractivity contribution >= 4 is 58.4 Å². The molecule has 0 bridgehead atoms. The van der Waals surface area contributed by atoms with Gasteiger partial charge in [-0.05, 0) is 61.5 Å². The summed E-state index contributed by atoms with van der Waals surface area (Å²) < 4.78 is 10.9. The maximum atomic E-state index is 12.3. The third kappa shape index (κ3) is 5.43. The fourth-order valence-electron chi connectivity index (χ4n) is 3.01. The van der Waals surface area contributed by atoms with Crippen molar-refractivity contribution in [1.82, 2.24) is 10.6 Å². The normalized spacial score (nSPS) is 13.2. The van der Waals surface area contributed by atoms with Crippen molar-refractivity contribution in [2.45, 2.75) is 13.8 Å². The first-order valence-corrected chi connectivity index (χ1v) is 10.2. The van der Waals surface area contributed by atoms with Gasteiger partial charge in [-0.15, -0.1) is 0 Å². The molecule has 32 heavy (non-hydrogen) atoms. The molecule has 1 fully saturated rings. The molecule has 10 heteroatoms. The average molecular weight is 474 g/mol. The molecule has 3 N–H and O–H groups in total. The summed E-state index contributed by atoms with van der Waals surface area (Å²) in [5, 5.41) is 7.57. The Morgan fingerprint density at radius 2 is 1.84 bits per heavy atom. The Balaban J connectivity index is 1.76. The van der Waals surface area contributed by atoms with Crippen LogP contribution in [0.1, 0.15) is 16.7 Å². The van der Waals surface area contributed by atoms with Crippen molar-refractivity contribution in [1.29, 1.82) is 0 Å². The van der Waals surface area contributed by atoms with Crippen molar-refractivity contribution in [2.24, 2.45) is 0 Å². The maximum Gasteiger partial charge on any atom is 0.263 e. The molecule has 0 aromatic heterocycles. The first-order valence-electron chi connectivity index (χ1n) is 9.43. The van der Waals surface area contributed by atoms with Crippen LogP contribution in [0.4, 0.5) is 5.69 Å². The molecule has 166 valence electrons. The summed E-state index contributed by atoms with van der Waals surface area (Å²) in [5.41, 5.74) is 3.00. The number of ether oxygens (including phenoxy) is 2. The summed E-state index contributed by atoms with van der Waals surface area (Å²) in [6.45, 7) is 3.57. The minimum Gasteiger partial charge on any atom is -0.493 e. The number of benzene rings is 2. The van der Waals surface area contributed by atoms with E-state index in [0.29, 0.717) is 11.3 Å². The van der Waals surface area contributed by atoms with Crippen LogP contribution in [0.5, 0.6) is 11.5 Å². The maximum absolute atomic E-state index is 12.3. The molecule has 1 aliphatic rings. The molecule has 0 atom stereocenters. The van der Waals surface area contributed by atoms with Gasteiger partial charge in [0.1, 0.15) is 5.57 Å². The van der Waals surface area contributed by atoms with E-state index in [4.69, 9.17) is 33.3 Å². The summed E-state index contributed by atoms with van der Waals surface area (Å²) in [7, 11) is 1.41. The average Bonchev–Trinajstić information content (AvgIpc) is 2.71.